The largest absolute Gasteiger partial charge is 0.334 e. The van der Waals surface area contributed by atoms with Gasteiger partial charge in [-0.3, -0.25) is 9.48 Å². The van der Waals surface area contributed by atoms with Crippen LogP contribution in [0.3, 0.4) is 0 Å². The molecule has 1 atom stereocenters. The molecule has 0 saturated heterocycles. The Morgan fingerprint density at radius 3 is 3.05 bits per heavy atom. The third-order valence-electron chi connectivity index (χ3n) is 4.08. The van der Waals surface area contributed by atoms with E-state index in [0.29, 0.717) is 13.0 Å². The first-order valence-corrected chi connectivity index (χ1v) is 8.53. The highest BCUT2D eigenvalue weighted by molar-refractivity contribution is 7.07. The molecule has 6 heteroatoms. The van der Waals surface area contributed by atoms with Crippen molar-refractivity contribution in [1.29, 1.82) is 0 Å². The van der Waals surface area contributed by atoms with Crippen molar-refractivity contribution in [1.82, 2.24) is 19.6 Å². The molecule has 118 valence electrons. The van der Waals surface area contributed by atoms with E-state index in [1.165, 1.54) is 0 Å². The summed E-state index contributed by atoms with van der Waals surface area (Å²) in [6, 6.07) is 4.32. The zero-order valence-electron chi connectivity index (χ0n) is 13.1. The van der Waals surface area contributed by atoms with Gasteiger partial charge in [-0.15, -0.1) is 0 Å². The first-order chi connectivity index (χ1) is 10.6. The predicted octanol–water partition coefficient (Wildman–Crippen LogP) is 2.02. The number of thiophene rings is 1. The van der Waals surface area contributed by atoms with Crippen molar-refractivity contribution in [2.24, 2.45) is 0 Å². The molecule has 3 heterocycles. The molecule has 3 rings (SSSR count). The molecule has 2 aromatic heterocycles. The Morgan fingerprint density at radius 2 is 2.32 bits per heavy atom. The first kappa shape index (κ1) is 15.2. The van der Waals surface area contributed by atoms with Crippen LogP contribution in [0.4, 0.5) is 0 Å². The third kappa shape index (κ3) is 3.39. The Balaban J connectivity index is 1.70. The summed E-state index contributed by atoms with van der Waals surface area (Å²) in [7, 11) is 4.15. The molecule has 0 bridgehead atoms. The van der Waals surface area contributed by atoms with Gasteiger partial charge in [0, 0.05) is 12.7 Å². The van der Waals surface area contributed by atoms with E-state index >= 15 is 0 Å². The monoisotopic (exact) mass is 318 g/mol. The second-order valence-electron chi connectivity index (χ2n) is 6.10. The summed E-state index contributed by atoms with van der Waals surface area (Å²) in [5, 5.41) is 8.52. The van der Waals surface area contributed by atoms with Crippen LogP contribution in [0, 0.1) is 0 Å². The maximum Gasteiger partial charge on any atom is 0.227 e. The van der Waals surface area contributed by atoms with Crippen molar-refractivity contribution in [3.8, 4) is 0 Å². The van der Waals surface area contributed by atoms with Gasteiger partial charge in [0.05, 0.1) is 24.7 Å². The van der Waals surface area contributed by atoms with Gasteiger partial charge in [-0.05, 0) is 55.5 Å². The third-order valence-corrected chi connectivity index (χ3v) is 4.81. The molecule has 22 heavy (non-hydrogen) atoms. The molecule has 0 radical (unpaired) electrons. The van der Waals surface area contributed by atoms with Gasteiger partial charge in [0.25, 0.3) is 0 Å². The van der Waals surface area contributed by atoms with Crippen LogP contribution in [-0.2, 0) is 17.8 Å². The van der Waals surface area contributed by atoms with E-state index in [4.69, 9.17) is 0 Å². The highest BCUT2D eigenvalue weighted by Gasteiger charge is 2.28. The molecule has 2 aromatic rings. The van der Waals surface area contributed by atoms with E-state index in [-0.39, 0.29) is 11.9 Å². The van der Waals surface area contributed by atoms with E-state index in [0.717, 1.165) is 30.8 Å². The van der Waals surface area contributed by atoms with Gasteiger partial charge in [-0.2, -0.15) is 16.4 Å². The van der Waals surface area contributed by atoms with E-state index in [9.17, 15) is 4.79 Å². The van der Waals surface area contributed by atoms with Crippen LogP contribution in [0.25, 0.3) is 0 Å². The smallest absolute Gasteiger partial charge is 0.227 e. The van der Waals surface area contributed by atoms with Crippen LogP contribution < -0.4 is 0 Å². The summed E-state index contributed by atoms with van der Waals surface area (Å²) in [4.78, 5) is 16.7. The predicted molar refractivity (Wildman–Crippen MR) is 87.9 cm³/mol. The minimum atomic E-state index is 0.209. The highest BCUT2D eigenvalue weighted by atomic mass is 32.1. The van der Waals surface area contributed by atoms with Gasteiger partial charge in [0.15, 0.2) is 0 Å². The van der Waals surface area contributed by atoms with Crippen molar-refractivity contribution in [3.63, 3.8) is 0 Å². The Hall–Kier alpha value is -1.66. The second-order valence-corrected chi connectivity index (χ2v) is 6.88. The quantitative estimate of drug-likeness (QED) is 0.847. The van der Waals surface area contributed by atoms with Gasteiger partial charge < -0.3 is 9.80 Å². The standard InChI is InChI=1S/C16H22N4OS/c1-18(2)7-4-15-11-19(10-14-3-6-17-20(14)15)16(21)9-13-5-8-22-12-13/h3,5-6,8,12,15H,4,7,9-11H2,1-2H3/t15-/m0/s1. The minimum Gasteiger partial charge on any atom is -0.334 e. The molecule has 0 aromatic carbocycles. The van der Waals surface area contributed by atoms with Crippen molar-refractivity contribution >= 4 is 17.2 Å². The van der Waals surface area contributed by atoms with E-state index < -0.39 is 0 Å². The number of fused-ring (bicyclic) bond motifs is 1. The van der Waals surface area contributed by atoms with Crippen LogP contribution in [0.1, 0.15) is 23.7 Å². The molecule has 0 unspecified atom stereocenters. The molecule has 0 aliphatic carbocycles. The minimum absolute atomic E-state index is 0.209. The molecule has 5 nitrogen and oxygen atoms in total. The SMILES string of the molecule is CN(C)CC[C@H]1CN(C(=O)Cc2ccsc2)Cc2ccnn21. The van der Waals surface area contributed by atoms with Crippen molar-refractivity contribution in [2.45, 2.75) is 25.4 Å². The first-order valence-electron chi connectivity index (χ1n) is 7.59. The Bertz CT molecular complexity index is 620. The van der Waals surface area contributed by atoms with Crippen LogP contribution in [0.15, 0.2) is 29.1 Å². The van der Waals surface area contributed by atoms with Crippen LogP contribution in [0.5, 0.6) is 0 Å². The van der Waals surface area contributed by atoms with Gasteiger partial charge in [-0.25, -0.2) is 0 Å². The fourth-order valence-electron chi connectivity index (χ4n) is 2.88. The second kappa shape index (κ2) is 6.62. The molecular weight excluding hydrogens is 296 g/mol. The van der Waals surface area contributed by atoms with Crippen LogP contribution >= 0.6 is 11.3 Å². The molecule has 1 aliphatic rings. The molecular formula is C16H22N4OS. The van der Waals surface area contributed by atoms with Crippen LogP contribution in [0.2, 0.25) is 0 Å². The van der Waals surface area contributed by atoms with Gasteiger partial charge in [0.2, 0.25) is 5.91 Å². The molecule has 1 aliphatic heterocycles. The lowest BCUT2D eigenvalue weighted by Crippen LogP contribution is -2.42. The number of nitrogens with zero attached hydrogens (tertiary/aromatic N) is 4. The number of carbonyl (C=O) groups excluding carboxylic acids is 1. The van der Waals surface area contributed by atoms with Crippen molar-refractivity contribution < 1.29 is 4.79 Å². The number of amides is 1. The molecule has 0 saturated carbocycles. The van der Waals surface area contributed by atoms with Gasteiger partial charge in [-0.1, -0.05) is 0 Å². The fourth-order valence-corrected chi connectivity index (χ4v) is 3.55. The topological polar surface area (TPSA) is 41.4 Å². The fraction of sp³-hybridized carbons (Fsp3) is 0.500. The summed E-state index contributed by atoms with van der Waals surface area (Å²) in [5.41, 5.74) is 2.24. The van der Waals surface area contributed by atoms with Crippen molar-refractivity contribution in [2.75, 3.05) is 27.2 Å². The lowest BCUT2D eigenvalue weighted by molar-refractivity contribution is -0.132. The highest BCUT2D eigenvalue weighted by Crippen LogP contribution is 2.24. The van der Waals surface area contributed by atoms with Crippen molar-refractivity contribution in [3.05, 3.63) is 40.3 Å². The van der Waals surface area contributed by atoms with E-state index in [1.807, 2.05) is 28.6 Å². The normalized spacial score (nSPS) is 17.8. The zero-order valence-corrected chi connectivity index (χ0v) is 13.9. The number of aromatic nitrogens is 2. The summed E-state index contributed by atoms with van der Waals surface area (Å²) >= 11 is 1.64. The Labute approximate surface area is 135 Å². The van der Waals surface area contributed by atoms with Crippen LogP contribution in [-0.4, -0.2) is 52.7 Å². The zero-order chi connectivity index (χ0) is 15.5. The van der Waals surface area contributed by atoms with Gasteiger partial charge in [0.1, 0.15) is 0 Å². The number of rotatable bonds is 5. The molecule has 0 fully saturated rings. The molecule has 1 amide bonds. The van der Waals surface area contributed by atoms with E-state index in [2.05, 4.69) is 34.2 Å². The number of hydrogen-bond donors (Lipinski definition) is 0. The van der Waals surface area contributed by atoms with E-state index in [1.54, 1.807) is 11.3 Å². The Morgan fingerprint density at radius 1 is 1.45 bits per heavy atom. The number of hydrogen-bond acceptors (Lipinski definition) is 4. The lowest BCUT2D eigenvalue weighted by Gasteiger charge is -2.34. The molecule has 0 N–H and O–H groups in total. The average molecular weight is 318 g/mol. The number of carbonyl (C=O) groups is 1. The Kier molecular flexibility index (Phi) is 4.59. The van der Waals surface area contributed by atoms with Gasteiger partial charge >= 0.3 is 0 Å². The lowest BCUT2D eigenvalue weighted by atomic mass is 10.1. The summed E-state index contributed by atoms with van der Waals surface area (Å²) in [5.74, 6) is 0.209. The molecule has 0 spiro atoms. The summed E-state index contributed by atoms with van der Waals surface area (Å²) < 4.78 is 2.10. The summed E-state index contributed by atoms with van der Waals surface area (Å²) in [6.07, 6.45) is 3.34. The average Bonchev–Trinajstić information content (AvgIpc) is 3.14. The summed E-state index contributed by atoms with van der Waals surface area (Å²) in [6.45, 7) is 2.42. The maximum absolute atomic E-state index is 12.6. The maximum atomic E-state index is 12.6.